The van der Waals surface area contributed by atoms with Gasteiger partial charge in [-0.25, -0.2) is 0 Å². The molecule has 0 saturated heterocycles. The van der Waals surface area contributed by atoms with Crippen LogP contribution in [0.25, 0.3) is 0 Å². The summed E-state index contributed by atoms with van der Waals surface area (Å²) >= 11 is 0. The van der Waals surface area contributed by atoms with Crippen LogP contribution in [0.5, 0.6) is 0 Å². The minimum Gasteiger partial charge on any atom is -0.318 e. The highest BCUT2D eigenvalue weighted by atomic mass is 28.2. The lowest BCUT2D eigenvalue weighted by Crippen LogP contribution is -1.74. The molecule has 22 valence electrons. The predicted molar refractivity (Wildman–Crippen MR) is 20.4 cm³/mol. The van der Waals surface area contributed by atoms with Crippen molar-refractivity contribution in [3.8, 4) is 0 Å². The van der Waals surface area contributed by atoms with Crippen molar-refractivity contribution in [3.05, 3.63) is 0 Å². The van der Waals surface area contributed by atoms with Gasteiger partial charge in [-0.2, -0.15) is 0 Å². The Morgan fingerprint density at radius 3 is 2.25 bits per heavy atom. The van der Waals surface area contributed by atoms with Crippen molar-refractivity contribution in [3.63, 3.8) is 0 Å². The van der Waals surface area contributed by atoms with Crippen LogP contribution in [-0.2, 0) is 0 Å². The van der Waals surface area contributed by atoms with Crippen LogP contribution in [0.1, 0.15) is 0 Å². The molecule has 0 aliphatic heterocycles. The maximum absolute atomic E-state index is 6.34. The maximum Gasteiger partial charge on any atom is 0.0923 e. The lowest BCUT2D eigenvalue weighted by molar-refractivity contribution is 1.60. The van der Waals surface area contributed by atoms with E-state index in [0.29, 0.717) is 9.52 Å². The molecular formula is C2H5NSi. The summed E-state index contributed by atoms with van der Waals surface area (Å²) in [5, 5.41) is 6.34. The molecule has 0 aliphatic carbocycles. The normalized spacial score (nSPS) is 6.25. The molecule has 0 heterocycles. The highest BCUT2D eigenvalue weighted by Crippen LogP contribution is 1.34. The van der Waals surface area contributed by atoms with Crippen LogP contribution in [0.3, 0.4) is 0 Å². The van der Waals surface area contributed by atoms with Crippen molar-refractivity contribution >= 4 is 15.4 Å². The largest absolute Gasteiger partial charge is 0.318 e. The summed E-state index contributed by atoms with van der Waals surface area (Å²) in [5.74, 6) is 1.40. The molecule has 0 aromatic heterocycles. The van der Waals surface area contributed by atoms with Gasteiger partial charge >= 0.3 is 0 Å². The van der Waals surface area contributed by atoms with Gasteiger partial charge < -0.3 is 5.41 Å². The fourth-order valence-corrected chi connectivity index (χ4v) is 0. The highest BCUT2D eigenvalue weighted by Gasteiger charge is 1.52. The number of hydrogen-bond donors (Lipinski definition) is 1. The standard InChI is InChI=1S/C2H5NSi/c1-4-2-3/h2-3H,1H3. The Morgan fingerprint density at radius 2 is 2.25 bits per heavy atom. The molecule has 0 fully saturated rings. The van der Waals surface area contributed by atoms with Gasteiger partial charge in [-0.3, -0.25) is 0 Å². The molecule has 0 rings (SSSR count). The molecule has 0 atom stereocenters. The van der Waals surface area contributed by atoms with Gasteiger partial charge in [0.15, 0.2) is 0 Å². The molecule has 4 heavy (non-hydrogen) atoms. The summed E-state index contributed by atoms with van der Waals surface area (Å²) in [6.07, 6.45) is 0. The summed E-state index contributed by atoms with van der Waals surface area (Å²) in [4.78, 5) is 0. The maximum atomic E-state index is 6.34. The van der Waals surface area contributed by atoms with Crippen molar-refractivity contribution < 1.29 is 0 Å². The summed E-state index contributed by atoms with van der Waals surface area (Å²) in [5.41, 5.74) is 0. The molecule has 1 N–H and O–H groups in total. The van der Waals surface area contributed by atoms with Crippen molar-refractivity contribution in [2.24, 2.45) is 0 Å². The first kappa shape index (κ1) is 3.89. The van der Waals surface area contributed by atoms with Gasteiger partial charge in [0.05, 0.1) is 9.52 Å². The molecule has 0 aliphatic rings. The Balaban J connectivity index is 2.30. The molecule has 2 radical (unpaired) electrons. The SMILES string of the molecule is C[Si]C=N. The zero-order valence-corrected chi connectivity index (χ0v) is 3.58. The Kier molecular flexibility index (Phi) is 2.81. The van der Waals surface area contributed by atoms with Crippen LogP contribution in [0, 0.1) is 5.41 Å². The lowest BCUT2D eigenvalue weighted by atomic mass is 11.7. The van der Waals surface area contributed by atoms with Crippen LogP contribution in [0.4, 0.5) is 0 Å². The topological polar surface area (TPSA) is 23.9 Å². The van der Waals surface area contributed by atoms with Crippen molar-refractivity contribution in [2.75, 3.05) is 0 Å². The van der Waals surface area contributed by atoms with Gasteiger partial charge in [-0.15, -0.1) is 0 Å². The van der Waals surface area contributed by atoms with Crippen LogP contribution in [0.15, 0.2) is 0 Å². The van der Waals surface area contributed by atoms with E-state index in [4.69, 9.17) is 5.41 Å². The van der Waals surface area contributed by atoms with Gasteiger partial charge in [-0.05, 0) is 5.84 Å². The molecule has 2 heteroatoms. The van der Waals surface area contributed by atoms with Crippen LogP contribution >= 0.6 is 0 Å². The smallest absolute Gasteiger partial charge is 0.0923 e. The second kappa shape index (κ2) is 2.89. The Bertz CT molecular complexity index is 20.0. The zero-order chi connectivity index (χ0) is 3.41. The number of rotatable bonds is 1. The molecule has 0 spiro atoms. The van der Waals surface area contributed by atoms with Gasteiger partial charge in [0.2, 0.25) is 0 Å². The van der Waals surface area contributed by atoms with E-state index in [2.05, 4.69) is 0 Å². The second-order valence-electron chi connectivity index (χ2n) is 0.433. The molecule has 0 aromatic rings. The summed E-state index contributed by atoms with van der Waals surface area (Å²) in [6, 6.07) is 0. The number of nitrogens with one attached hydrogen (secondary N) is 1. The van der Waals surface area contributed by atoms with E-state index in [1.165, 1.54) is 5.84 Å². The van der Waals surface area contributed by atoms with Crippen molar-refractivity contribution in [1.82, 2.24) is 0 Å². The quantitative estimate of drug-likeness (QED) is 0.340. The highest BCUT2D eigenvalue weighted by molar-refractivity contribution is 6.65. The van der Waals surface area contributed by atoms with E-state index in [-0.39, 0.29) is 0 Å². The second-order valence-corrected chi connectivity index (χ2v) is 1.30. The summed E-state index contributed by atoms with van der Waals surface area (Å²) in [7, 11) is 0.682. The molecule has 1 nitrogen and oxygen atoms in total. The molecule has 0 saturated carbocycles. The van der Waals surface area contributed by atoms with Crippen LogP contribution in [0.2, 0.25) is 6.55 Å². The third-order valence-electron chi connectivity index (χ3n) is 0.144. The Morgan fingerprint density at radius 1 is 2.00 bits per heavy atom. The zero-order valence-electron chi connectivity index (χ0n) is 2.58. The van der Waals surface area contributed by atoms with E-state index in [1.54, 1.807) is 0 Å². The molecule has 0 unspecified atom stereocenters. The monoisotopic (exact) mass is 71.0 g/mol. The van der Waals surface area contributed by atoms with Gasteiger partial charge in [0.1, 0.15) is 0 Å². The van der Waals surface area contributed by atoms with Crippen molar-refractivity contribution in [1.29, 1.82) is 5.41 Å². The van der Waals surface area contributed by atoms with Crippen LogP contribution < -0.4 is 0 Å². The first-order valence-corrected chi connectivity index (χ1v) is 2.65. The molecule has 0 amide bonds. The fourth-order valence-electron chi connectivity index (χ4n) is 0. The summed E-state index contributed by atoms with van der Waals surface area (Å²) < 4.78 is 0. The Labute approximate surface area is 28.4 Å². The fraction of sp³-hybridized carbons (Fsp3) is 0.500. The van der Waals surface area contributed by atoms with E-state index in [1.807, 2.05) is 6.55 Å². The van der Waals surface area contributed by atoms with Gasteiger partial charge in [-0.1, -0.05) is 6.55 Å². The molecular weight excluding hydrogens is 66.1 g/mol. The first-order chi connectivity index (χ1) is 1.91. The van der Waals surface area contributed by atoms with Crippen molar-refractivity contribution in [2.45, 2.75) is 6.55 Å². The van der Waals surface area contributed by atoms with E-state index in [9.17, 15) is 0 Å². The third kappa shape index (κ3) is 1.89. The summed E-state index contributed by atoms with van der Waals surface area (Å²) in [6.45, 7) is 1.97. The van der Waals surface area contributed by atoms with Crippen LogP contribution in [-0.4, -0.2) is 15.4 Å². The first-order valence-electron chi connectivity index (χ1n) is 1.08. The van der Waals surface area contributed by atoms with Gasteiger partial charge in [0, 0.05) is 0 Å². The van der Waals surface area contributed by atoms with E-state index in [0.717, 1.165) is 0 Å². The minimum absolute atomic E-state index is 0.682. The number of hydrogen-bond acceptors (Lipinski definition) is 1. The van der Waals surface area contributed by atoms with E-state index < -0.39 is 0 Å². The predicted octanol–water partition coefficient (Wildman–Crippen LogP) is 0.346. The molecule has 0 aromatic carbocycles. The third-order valence-corrected chi connectivity index (χ3v) is 0.433. The lowest BCUT2D eigenvalue weighted by Gasteiger charge is -1.52. The molecule has 0 bridgehead atoms. The average molecular weight is 71.2 g/mol. The average Bonchev–Trinajstić information content (AvgIpc) is 1.37. The van der Waals surface area contributed by atoms with Gasteiger partial charge in [0.25, 0.3) is 0 Å². The Hall–Kier alpha value is -0.113. The van der Waals surface area contributed by atoms with E-state index >= 15 is 0 Å². The minimum atomic E-state index is 0.682.